The van der Waals surface area contributed by atoms with Crippen molar-refractivity contribution >= 4 is 11.9 Å². The standard InChI is InChI=1S/C8H15NO3/c1-7(9-3)11-5-4-6-12-8(2)10/h4-6H2,1-3H3. The summed E-state index contributed by atoms with van der Waals surface area (Å²) in [5.41, 5.74) is 0. The van der Waals surface area contributed by atoms with Gasteiger partial charge in [-0.3, -0.25) is 9.79 Å². The van der Waals surface area contributed by atoms with Crippen molar-refractivity contribution in [1.29, 1.82) is 0 Å². The lowest BCUT2D eigenvalue weighted by Gasteiger charge is -2.04. The van der Waals surface area contributed by atoms with Gasteiger partial charge in [0.05, 0.1) is 13.2 Å². The van der Waals surface area contributed by atoms with Gasteiger partial charge in [-0.25, -0.2) is 0 Å². The molecule has 0 spiro atoms. The molecular formula is C8H15NO3. The molecule has 0 bridgehead atoms. The lowest BCUT2D eigenvalue weighted by atomic mass is 10.5. The molecule has 0 saturated carbocycles. The molecule has 0 unspecified atom stereocenters. The molecule has 0 N–H and O–H groups in total. The molecule has 0 saturated heterocycles. The third-order valence-corrected chi connectivity index (χ3v) is 1.22. The third-order valence-electron chi connectivity index (χ3n) is 1.22. The van der Waals surface area contributed by atoms with Gasteiger partial charge in [-0.05, 0) is 0 Å². The van der Waals surface area contributed by atoms with Gasteiger partial charge in [-0.2, -0.15) is 0 Å². The normalized spacial score (nSPS) is 11.1. The second-order valence-electron chi connectivity index (χ2n) is 2.28. The van der Waals surface area contributed by atoms with Gasteiger partial charge in [-0.15, -0.1) is 0 Å². The summed E-state index contributed by atoms with van der Waals surface area (Å²) in [7, 11) is 1.67. The highest BCUT2D eigenvalue weighted by Crippen LogP contribution is 1.87. The van der Waals surface area contributed by atoms with Gasteiger partial charge in [-0.1, -0.05) is 0 Å². The summed E-state index contributed by atoms with van der Waals surface area (Å²) in [5, 5.41) is 0. The predicted molar refractivity (Wildman–Crippen MR) is 46.2 cm³/mol. The molecule has 0 aromatic carbocycles. The zero-order valence-corrected chi connectivity index (χ0v) is 7.79. The minimum absolute atomic E-state index is 0.254. The Balaban J connectivity index is 3.16. The lowest BCUT2D eigenvalue weighted by molar-refractivity contribution is -0.141. The summed E-state index contributed by atoms with van der Waals surface area (Å²) in [4.78, 5) is 14.1. The fraction of sp³-hybridized carbons (Fsp3) is 0.750. The van der Waals surface area contributed by atoms with Gasteiger partial charge in [0.2, 0.25) is 0 Å². The zero-order chi connectivity index (χ0) is 9.40. The molecule has 0 rings (SSSR count). The molecule has 0 aliphatic rings. The van der Waals surface area contributed by atoms with E-state index in [-0.39, 0.29) is 5.97 Å². The Morgan fingerprint density at radius 3 is 2.33 bits per heavy atom. The Kier molecular flexibility index (Phi) is 6.05. The fourth-order valence-electron chi connectivity index (χ4n) is 0.559. The quantitative estimate of drug-likeness (QED) is 0.276. The number of carbonyl (C=O) groups excluding carboxylic acids is 1. The van der Waals surface area contributed by atoms with Crippen molar-refractivity contribution < 1.29 is 14.3 Å². The van der Waals surface area contributed by atoms with E-state index in [2.05, 4.69) is 4.99 Å². The van der Waals surface area contributed by atoms with Crippen molar-refractivity contribution in [3.63, 3.8) is 0 Å². The van der Waals surface area contributed by atoms with Crippen LogP contribution in [0.5, 0.6) is 0 Å². The Labute approximate surface area is 72.6 Å². The summed E-state index contributed by atoms with van der Waals surface area (Å²) in [6.45, 7) is 4.12. The molecule has 4 nitrogen and oxygen atoms in total. The number of aliphatic imine (C=N–C) groups is 1. The Morgan fingerprint density at radius 2 is 1.83 bits per heavy atom. The van der Waals surface area contributed by atoms with Crippen molar-refractivity contribution in [2.45, 2.75) is 20.3 Å². The van der Waals surface area contributed by atoms with Crippen LogP contribution < -0.4 is 0 Å². The first-order valence-electron chi connectivity index (χ1n) is 3.86. The average molecular weight is 173 g/mol. The molecular weight excluding hydrogens is 158 g/mol. The number of carbonyl (C=O) groups is 1. The average Bonchev–Trinajstić information content (AvgIpc) is 2.03. The van der Waals surface area contributed by atoms with Gasteiger partial charge >= 0.3 is 5.97 Å². The lowest BCUT2D eigenvalue weighted by Crippen LogP contribution is -2.06. The van der Waals surface area contributed by atoms with Crippen molar-refractivity contribution in [3.05, 3.63) is 0 Å². The molecule has 12 heavy (non-hydrogen) atoms. The Morgan fingerprint density at radius 1 is 1.25 bits per heavy atom. The molecule has 0 aliphatic carbocycles. The zero-order valence-electron chi connectivity index (χ0n) is 7.79. The van der Waals surface area contributed by atoms with Crippen LogP contribution in [0.15, 0.2) is 4.99 Å². The van der Waals surface area contributed by atoms with Crippen molar-refractivity contribution in [1.82, 2.24) is 0 Å². The smallest absolute Gasteiger partial charge is 0.302 e. The molecule has 0 aliphatic heterocycles. The highest BCUT2D eigenvalue weighted by Gasteiger charge is 1.93. The van der Waals surface area contributed by atoms with Crippen molar-refractivity contribution in [3.8, 4) is 0 Å². The van der Waals surface area contributed by atoms with Gasteiger partial charge in [0.1, 0.15) is 0 Å². The predicted octanol–water partition coefficient (Wildman–Crippen LogP) is 1.00. The second kappa shape index (κ2) is 6.64. The van der Waals surface area contributed by atoms with Gasteiger partial charge in [0, 0.05) is 27.3 Å². The van der Waals surface area contributed by atoms with E-state index in [1.165, 1.54) is 6.92 Å². The molecule has 0 heterocycles. The van der Waals surface area contributed by atoms with Crippen LogP contribution in [-0.2, 0) is 14.3 Å². The first-order chi connectivity index (χ1) is 5.66. The van der Waals surface area contributed by atoms with E-state index in [4.69, 9.17) is 9.47 Å². The van der Waals surface area contributed by atoms with Crippen molar-refractivity contribution in [2.75, 3.05) is 20.3 Å². The third kappa shape index (κ3) is 7.05. The summed E-state index contributed by atoms with van der Waals surface area (Å²) in [6, 6.07) is 0. The molecule has 70 valence electrons. The van der Waals surface area contributed by atoms with E-state index < -0.39 is 0 Å². The Hall–Kier alpha value is -1.06. The van der Waals surface area contributed by atoms with E-state index in [0.717, 1.165) is 0 Å². The van der Waals surface area contributed by atoms with Crippen LogP contribution >= 0.6 is 0 Å². The van der Waals surface area contributed by atoms with Crippen LogP contribution in [0, 0.1) is 0 Å². The van der Waals surface area contributed by atoms with Gasteiger partial charge in [0.15, 0.2) is 5.90 Å². The first kappa shape index (κ1) is 10.9. The van der Waals surface area contributed by atoms with E-state index in [0.29, 0.717) is 25.5 Å². The van der Waals surface area contributed by atoms with Gasteiger partial charge in [0.25, 0.3) is 0 Å². The number of nitrogens with zero attached hydrogens (tertiary/aromatic N) is 1. The van der Waals surface area contributed by atoms with E-state index >= 15 is 0 Å². The number of esters is 1. The maximum absolute atomic E-state index is 10.3. The second-order valence-corrected chi connectivity index (χ2v) is 2.28. The highest BCUT2D eigenvalue weighted by atomic mass is 16.5. The van der Waals surface area contributed by atoms with Crippen LogP contribution in [0.4, 0.5) is 0 Å². The monoisotopic (exact) mass is 173 g/mol. The number of ether oxygens (including phenoxy) is 2. The van der Waals surface area contributed by atoms with Crippen LogP contribution in [0.25, 0.3) is 0 Å². The van der Waals surface area contributed by atoms with Crippen LogP contribution in [0.2, 0.25) is 0 Å². The minimum Gasteiger partial charge on any atom is -0.481 e. The topological polar surface area (TPSA) is 47.9 Å². The summed E-state index contributed by atoms with van der Waals surface area (Å²) in [6.07, 6.45) is 0.701. The summed E-state index contributed by atoms with van der Waals surface area (Å²) in [5.74, 6) is 0.397. The van der Waals surface area contributed by atoms with Crippen LogP contribution in [0.3, 0.4) is 0 Å². The van der Waals surface area contributed by atoms with Crippen molar-refractivity contribution in [2.24, 2.45) is 4.99 Å². The largest absolute Gasteiger partial charge is 0.481 e. The molecule has 0 atom stereocenters. The molecule has 0 aromatic rings. The van der Waals surface area contributed by atoms with E-state index in [1.54, 1.807) is 14.0 Å². The molecule has 0 aromatic heterocycles. The van der Waals surface area contributed by atoms with E-state index in [9.17, 15) is 4.79 Å². The fourth-order valence-corrected chi connectivity index (χ4v) is 0.559. The molecule has 0 fully saturated rings. The SMILES string of the molecule is CN=C(C)OCCCOC(C)=O. The minimum atomic E-state index is -0.254. The number of hydrogen-bond donors (Lipinski definition) is 0. The van der Waals surface area contributed by atoms with E-state index in [1.807, 2.05) is 0 Å². The first-order valence-corrected chi connectivity index (χ1v) is 3.86. The molecule has 0 radical (unpaired) electrons. The summed E-state index contributed by atoms with van der Waals surface area (Å²) >= 11 is 0. The molecule has 0 amide bonds. The van der Waals surface area contributed by atoms with Crippen LogP contribution in [-0.4, -0.2) is 32.1 Å². The van der Waals surface area contributed by atoms with Crippen LogP contribution in [0.1, 0.15) is 20.3 Å². The van der Waals surface area contributed by atoms with Gasteiger partial charge < -0.3 is 9.47 Å². The number of hydrogen-bond acceptors (Lipinski definition) is 4. The highest BCUT2D eigenvalue weighted by molar-refractivity contribution is 5.72. The maximum atomic E-state index is 10.3. The summed E-state index contributed by atoms with van der Waals surface area (Å²) < 4.78 is 9.83. The number of rotatable bonds is 4. The Bertz CT molecular complexity index is 166. The maximum Gasteiger partial charge on any atom is 0.302 e. The molecule has 4 heteroatoms.